The summed E-state index contributed by atoms with van der Waals surface area (Å²) in [5, 5.41) is 11.9. The lowest BCUT2D eigenvalue weighted by Gasteiger charge is -2.30. The van der Waals surface area contributed by atoms with Crippen molar-refractivity contribution in [3.8, 4) is 0 Å². The zero-order valence-corrected chi connectivity index (χ0v) is 14.6. The molecule has 1 saturated heterocycles. The molecule has 0 bridgehead atoms. The van der Waals surface area contributed by atoms with Crippen LogP contribution in [-0.2, 0) is 11.3 Å². The molecule has 0 radical (unpaired) electrons. The Morgan fingerprint density at radius 3 is 2.79 bits per heavy atom. The quantitative estimate of drug-likeness (QED) is 0.933. The first-order chi connectivity index (χ1) is 11.5. The molecule has 2 heterocycles. The number of aliphatic hydroxyl groups is 1. The summed E-state index contributed by atoms with van der Waals surface area (Å²) in [6.45, 7) is 2.37. The lowest BCUT2D eigenvalue weighted by molar-refractivity contribution is -0.131. The summed E-state index contributed by atoms with van der Waals surface area (Å²) in [5.74, 6) is 0.130. The number of carbonyl (C=O) groups is 1. The van der Waals surface area contributed by atoms with E-state index in [0.717, 1.165) is 30.3 Å². The molecule has 5 nitrogen and oxygen atoms in total. The summed E-state index contributed by atoms with van der Waals surface area (Å²) in [6, 6.07) is 10.1. The van der Waals surface area contributed by atoms with E-state index >= 15 is 0 Å². The van der Waals surface area contributed by atoms with Crippen LogP contribution in [0.1, 0.15) is 19.3 Å². The molecule has 0 aliphatic carbocycles. The Balaban J connectivity index is 1.65. The van der Waals surface area contributed by atoms with Crippen molar-refractivity contribution in [3.63, 3.8) is 0 Å². The van der Waals surface area contributed by atoms with Gasteiger partial charge in [-0.25, -0.2) is 0 Å². The zero-order chi connectivity index (χ0) is 17.2. The number of hydrogen-bond acceptors (Lipinski definition) is 3. The number of rotatable bonds is 4. The van der Waals surface area contributed by atoms with E-state index in [1.807, 2.05) is 58.9 Å². The maximum Gasteiger partial charge on any atom is 0.242 e. The van der Waals surface area contributed by atoms with Gasteiger partial charge in [0.05, 0.1) is 5.60 Å². The van der Waals surface area contributed by atoms with Crippen LogP contribution >= 0.6 is 0 Å². The molecule has 0 spiro atoms. The second-order valence-electron chi connectivity index (χ2n) is 7.20. The third-order valence-corrected chi connectivity index (χ3v) is 4.87. The van der Waals surface area contributed by atoms with Gasteiger partial charge < -0.3 is 19.5 Å². The highest BCUT2D eigenvalue weighted by Gasteiger charge is 2.31. The molecule has 1 aliphatic heterocycles. The van der Waals surface area contributed by atoms with Crippen LogP contribution < -0.4 is 0 Å². The molecule has 3 rings (SSSR count). The molecule has 1 aromatic heterocycles. The number of likely N-dealkylation sites (N-methyl/N-ethyl adjacent to an activating group) is 1. The molecule has 1 aromatic carbocycles. The van der Waals surface area contributed by atoms with Gasteiger partial charge in [-0.15, -0.1) is 0 Å². The Kier molecular flexibility index (Phi) is 4.92. The van der Waals surface area contributed by atoms with Crippen LogP contribution in [0.5, 0.6) is 0 Å². The van der Waals surface area contributed by atoms with Crippen LogP contribution in [0.4, 0.5) is 0 Å². The van der Waals surface area contributed by atoms with Crippen LogP contribution in [0, 0.1) is 0 Å². The Morgan fingerprint density at radius 2 is 2.00 bits per heavy atom. The number of fused-ring (bicyclic) bond motifs is 1. The van der Waals surface area contributed by atoms with Gasteiger partial charge in [0.2, 0.25) is 5.91 Å². The van der Waals surface area contributed by atoms with E-state index < -0.39 is 5.60 Å². The van der Waals surface area contributed by atoms with Gasteiger partial charge in [0, 0.05) is 31.3 Å². The smallest absolute Gasteiger partial charge is 0.242 e. The molecule has 0 saturated carbocycles. The third kappa shape index (κ3) is 3.79. The fourth-order valence-corrected chi connectivity index (χ4v) is 3.70. The third-order valence-electron chi connectivity index (χ3n) is 4.87. The largest absolute Gasteiger partial charge is 0.388 e. The summed E-state index contributed by atoms with van der Waals surface area (Å²) in [7, 11) is 3.95. The Hall–Kier alpha value is -1.85. The van der Waals surface area contributed by atoms with Crippen molar-refractivity contribution in [1.29, 1.82) is 0 Å². The Morgan fingerprint density at radius 1 is 1.21 bits per heavy atom. The maximum absolute atomic E-state index is 12.7. The molecule has 24 heavy (non-hydrogen) atoms. The minimum atomic E-state index is -0.682. The van der Waals surface area contributed by atoms with Gasteiger partial charge in [-0.3, -0.25) is 4.79 Å². The highest BCUT2D eigenvalue weighted by atomic mass is 16.3. The van der Waals surface area contributed by atoms with E-state index in [1.165, 1.54) is 0 Å². The van der Waals surface area contributed by atoms with Gasteiger partial charge in [0.1, 0.15) is 6.54 Å². The molecule has 2 aromatic rings. The average Bonchev–Trinajstić information content (AvgIpc) is 2.82. The molecule has 1 amide bonds. The number of amides is 1. The lowest BCUT2D eigenvalue weighted by atomic mass is 9.94. The van der Waals surface area contributed by atoms with E-state index in [9.17, 15) is 9.90 Å². The first kappa shape index (κ1) is 17.0. The average molecular weight is 329 g/mol. The number of benzene rings is 1. The summed E-state index contributed by atoms with van der Waals surface area (Å²) < 4.78 is 2.01. The first-order valence-corrected chi connectivity index (χ1v) is 8.66. The number of nitrogens with zero attached hydrogens (tertiary/aromatic N) is 3. The van der Waals surface area contributed by atoms with Gasteiger partial charge in [-0.05, 0) is 50.9 Å². The van der Waals surface area contributed by atoms with Gasteiger partial charge in [-0.1, -0.05) is 18.2 Å². The zero-order valence-electron chi connectivity index (χ0n) is 14.6. The Labute approximate surface area is 143 Å². The van der Waals surface area contributed by atoms with Crippen molar-refractivity contribution >= 4 is 16.8 Å². The van der Waals surface area contributed by atoms with Crippen molar-refractivity contribution in [1.82, 2.24) is 14.4 Å². The number of aromatic nitrogens is 1. The van der Waals surface area contributed by atoms with Gasteiger partial charge in [-0.2, -0.15) is 0 Å². The second kappa shape index (κ2) is 6.95. The predicted octanol–water partition coefficient (Wildman–Crippen LogP) is 1.95. The molecule has 1 N–H and O–H groups in total. The molecular formula is C19H27N3O2. The van der Waals surface area contributed by atoms with Crippen molar-refractivity contribution in [2.45, 2.75) is 31.4 Å². The van der Waals surface area contributed by atoms with Crippen LogP contribution in [0.15, 0.2) is 36.5 Å². The van der Waals surface area contributed by atoms with Crippen molar-refractivity contribution in [3.05, 3.63) is 36.5 Å². The minimum Gasteiger partial charge on any atom is -0.388 e. The highest BCUT2D eigenvalue weighted by molar-refractivity contribution is 5.83. The van der Waals surface area contributed by atoms with Crippen molar-refractivity contribution in [2.24, 2.45) is 0 Å². The standard InChI is InChI=1S/C19H27N3O2/c1-20(2)15-19(24)9-5-11-21(13-10-19)18(23)14-22-12-8-16-6-3-4-7-17(16)22/h3-4,6-8,12,24H,5,9-11,13-15H2,1-2H3/t19-/m0/s1. The maximum atomic E-state index is 12.7. The monoisotopic (exact) mass is 329 g/mol. The lowest BCUT2D eigenvalue weighted by Crippen LogP contribution is -2.41. The minimum absolute atomic E-state index is 0.130. The molecular weight excluding hydrogens is 302 g/mol. The van der Waals surface area contributed by atoms with E-state index in [4.69, 9.17) is 0 Å². The fourth-order valence-electron chi connectivity index (χ4n) is 3.70. The van der Waals surface area contributed by atoms with Crippen molar-refractivity contribution in [2.75, 3.05) is 33.7 Å². The SMILES string of the molecule is CN(C)C[C@]1(O)CCCN(C(=O)Cn2ccc3ccccc32)CC1. The highest BCUT2D eigenvalue weighted by Crippen LogP contribution is 2.23. The molecule has 1 aliphatic rings. The van der Waals surface area contributed by atoms with E-state index in [-0.39, 0.29) is 5.91 Å². The topological polar surface area (TPSA) is 48.7 Å². The van der Waals surface area contributed by atoms with Crippen LogP contribution in [-0.4, -0.2) is 64.7 Å². The first-order valence-electron chi connectivity index (χ1n) is 8.66. The predicted molar refractivity (Wildman–Crippen MR) is 95.9 cm³/mol. The number of carbonyl (C=O) groups excluding carboxylic acids is 1. The molecule has 1 atom stereocenters. The molecule has 0 unspecified atom stereocenters. The number of hydrogen-bond donors (Lipinski definition) is 1. The van der Waals surface area contributed by atoms with Crippen LogP contribution in [0.25, 0.3) is 10.9 Å². The fraction of sp³-hybridized carbons (Fsp3) is 0.526. The second-order valence-corrected chi connectivity index (χ2v) is 7.20. The van der Waals surface area contributed by atoms with Gasteiger partial charge in [0.25, 0.3) is 0 Å². The summed E-state index contributed by atoms with van der Waals surface area (Å²) in [5.41, 5.74) is 0.406. The molecule has 1 fully saturated rings. The summed E-state index contributed by atoms with van der Waals surface area (Å²) in [4.78, 5) is 16.6. The van der Waals surface area contributed by atoms with Gasteiger partial charge in [0.15, 0.2) is 0 Å². The van der Waals surface area contributed by atoms with E-state index in [1.54, 1.807) is 0 Å². The summed E-state index contributed by atoms with van der Waals surface area (Å²) in [6.07, 6.45) is 4.22. The van der Waals surface area contributed by atoms with Gasteiger partial charge >= 0.3 is 0 Å². The summed E-state index contributed by atoms with van der Waals surface area (Å²) >= 11 is 0. The molecule has 5 heteroatoms. The van der Waals surface area contributed by atoms with E-state index in [2.05, 4.69) is 6.07 Å². The van der Waals surface area contributed by atoms with Crippen LogP contribution in [0.2, 0.25) is 0 Å². The van der Waals surface area contributed by atoms with Crippen molar-refractivity contribution < 1.29 is 9.90 Å². The number of likely N-dealkylation sites (tertiary alicyclic amines) is 1. The number of para-hydroxylation sites is 1. The Bertz CT molecular complexity index is 709. The normalized spacial score (nSPS) is 22.1. The molecule has 130 valence electrons. The van der Waals surface area contributed by atoms with E-state index in [0.29, 0.717) is 26.1 Å². The van der Waals surface area contributed by atoms with Crippen LogP contribution in [0.3, 0.4) is 0 Å².